The Morgan fingerprint density at radius 1 is 1.21 bits per heavy atom. The number of ether oxygens (including phenoxy) is 2. The van der Waals surface area contributed by atoms with Crippen molar-refractivity contribution in [3.8, 4) is 11.5 Å². The number of carbonyl (C=O) groups is 1. The summed E-state index contributed by atoms with van der Waals surface area (Å²) in [6.07, 6.45) is 2.80. The van der Waals surface area contributed by atoms with Gasteiger partial charge in [0.25, 0.3) is 5.91 Å². The van der Waals surface area contributed by atoms with E-state index in [2.05, 4.69) is 28.0 Å². The molecule has 1 amide bonds. The van der Waals surface area contributed by atoms with Gasteiger partial charge in [-0.3, -0.25) is 4.79 Å². The fourth-order valence-electron chi connectivity index (χ4n) is 2.93. The second-order valence-electron chi connectivity index (χ2n) is 6.80. The van der Waals surface area contributed by atoms with E-state index in [0.717, 1.165) is 22.1 Å². The number of hydrogen-bond donors (Lipinski definition) is 0. The first-order valence-electron chi connectivity index (χ1n) is 9.74. The van der Waals surface area contributed by atoms with E-state index in [1.165, 1.54) is 5.01 Å². The van der Waals surface area contributed by atoms with Crippen molar-refractivity contribution in [1.82, 2.24) is 0 Å². The van der Waals surface area contributed by atoms with Crippen molar-refractivity contribution in [2.24, 2.45) is 5.10 Å². The summed E-state index contributed by atoms with van der Waals surface area (Å²) in [7, 11) is 0. The molecule has 2 aromatic rings. The number of amides is 1. The fourth-order valence-corrected chi connectivity index (χ4v) is 3.48. The zero-order valence-electron chi connectivity index (χ0n) is 17.1. The van der Waals surface area contributed by atoms with Gasteiger partial charge in [0.2, 0.25) is 0 Å². The Hall–Kier alpha value is -2.60. The molecule has 0 saturated heterocycles. The summed E-state index contributed by atoms with van der Waals surface area (Å²) in [5, 5.41) is 5.86. The van der Waals surface area contributed by atoms with Gasteiger partial charge in [-0.2, -0.15) is 10.1 Å². The van der Waals surface area contributed by atoms with Crippen LogP contribution in [0.25, 0.3) is 6.08 Å². The van der Waals surface area contributed by atoms with Crippen molar-refractivity contribution in [3.05, 3.63) is 58.1 Å². The van der Waals surface area contributed by atoms with E-state index in [4.69, 9.17) is 9.47 Å². The average molecular weight is 457 g/mol. The summed E-state index contributed by atoms with van der Waals surface area (Å²) in [6, 6.07) is 13.2. The Kier molecular flexibility index (Phi) is 6.75. The van der Waals surface area contributed by atoms with Crippen LogP contribution in [0.2, 0.25) is 0 Å². The highest BCUT2D eigenvalue weighted by Gasteiger charge is 2.28. The molecule has 1 aliphatic heterocycles. The number of rotatable bonds is 7. The lowest BCUT2D eigenvalue weighted by Gasteiger charge is -2.18. The van der Waals surface area contributed by atoms with Gasteiger partial charge in [0, 0.05) is 0 Å². The van der Waals surface area contributed by atoms with Gasteiger partial charge in [0.05, 0.1) is 34.2 Å². The highest BCUT2D eigenvalue weighted by molar-refractivity contribution is 9.10. The van der Waals surface area contributed by atoms with Crippen LogP contribution < -0.4 is 14.5 Å². The van der Waals surface area contributed by atoms with E-state index in [9.17, 15) is 4.79 Å². The van der Waals surface area contributed by atoms with Gasteiger partial charge < -0.3 is 9.47 Å². The largest absolute Gasteiger partial charge is 0.490 e. The minimum atomic E-state index is -0.150. The van der Waals surface area contributed by atoms with Crippen LogP contribution in [0.3, 0.4) is 0 Å². The number of carbonyl (C=O) groups excluding carboxylic acids is 1. The summed E-state index contributed by atoms with van der Waals surface area (Å²) in [5.41, 5.74) is 2.81. The predicted molar refractivity (Wildman–Crippen MR) is 121 cm³/mol. The molecule has 0 radical (unpaired) electrons. The molecule has 1 aliphatic rings. The minimum Gasteiger partial charge on any atom is -0.490 e. The van der Waals surface area contributed by atoms with Gasteiger partial charge in [-0.25, -0.2) is 0 Å². The molecule has 0 aromatic heterocycles. The van der Waals surface area contributed by atoms with Crippen LogP contribution in [0.1, 0.15) is 39.7 Å². The molecule has 0 bridgehead atoms. The van der Waals surface area contributed by atoms with Crippen LogP contribution in [0.15, 0.2) is 57.6 Å². The standard InChI is InChI=1S/C23H25BrN2O3/c1-5-15(3)29-22-20(24)13-17(14-21(22)28-6-2)12-19-16(4)25-26(23(19)27)18-10-8-7-9-11-18/h7-15H,5-6H2,1-4H3/b19-12+/t15-/m1/s1. The third-order valence-electron chi connectivity index (χ3n) is 4.60. The molecule has 152 valence electrons. The first-order valence-corrected chi connectivity index (χ1v) is 10.5. The Balaban J connectivity index is 1.95. The topological polar surface area (TPSA) is 51.1 Å². The summed E-state index contributed by atoms with van der Waals surface area (Å²) < 4.78 is 12.6. The number of para-hydroxylation sites is 1. The van der Waals surface area contributed by atoms with Crippen molar-refractivity contribution >= 4 is 39.3 Å². The number of hydrazone groups is 1. The van der Waals surface area contributed by atoms with Crippen molar-refractivity contribution in [2.75, 3.05) is 11.6 Å². The molecule has 0 saturated carbocycles. The van der Waals surface area contributed by atoms with Crippen LogP contribution in [0, 0.1) is 0 Å². The minimum absolute atomic E-state index is 0.0694. The number of benzene rings is 2. The average Bonchev–Trinajstić information content (AvgIpc) is 2.99. The SMILES string of the molecule is CCOc1cc(/C=C2/C(=O)N(c3ccccc3)N=C2C)cc(Br)c1O[C@H](C)CC. The van der Waals surface area contributed by atoms with Crippen molar-refractivity contribution in [2.45, 2.75) is 40.2 Å². The van der Waals surface area contributed by atoms with E-state index in [1.54, 1.807) is 0 Å². The maximum absolute atomic E-state index is 12.9. The number of nitrogens with zero attached hydrogens (tertiary/aromatic N) is 2. The van der Waals surface area contributed by atoms with E-state index in [-0.39, 0.29) is 12.0 Å². The second kappa shape index (κ2) is 9.27. The molecular formula is C23H25BrN2O3. The number of anilines is 1. The first-order chi connectivity index (χ1) is 13.9. The Morgan fingerprint density at radius 3 is 2.59 bits per heavy atom. The summed E-state index contributed by atoms with van der Waals surface area (Å²) in [4.78, 5) is 12.9. The molecule has 29 heavy (non-hydrogen) atoms. The van der Waals surface area contributed by atoms with Crippen molar-refractivity contribution in [3.63, 3.8) is 0 Å². The summed E-state index contributed by atoms with van der Waals surface area (Å²) in [6.45, 7) is 8.38. The number of halogens is 1. The maximum atomic E-state index is 12.9. The van der Waals surface area contributed by atoms with E-state index in [0.29, 0.717) is 29.4 Å². The van der Waals surface area contributed by atoms with Crippen LogP contribution in [0.4, 0.5) is 5.69 Å². The van der Waals surface area contributed by atoms with E-state index >= 15 is 0 Å². The molecule has 5 nitrogen and oxygen atoms in total. The maximum Gasteiger partial charge on any atom is 0.280 e. The lowest BCUT2D eigenvalue weighted by molar-refractivity contribution is -0.114. The molecule has 1 heterocycles. The van der Waals surface area contributed by atoms with Gasteiger partial charge in [-0.1, -0.05) is 25.1 Å². The highest BCUT2D eigenvalue weighted by Crippen LogP contribution is 2.39. The van der Waals surface area contributed by atoms with Crippen LogP contribution >= 0.6 is 15.9 Å². The zero-order chi connectivity index (χ0) is 21.0. The lowest BCUT2D eigenvalue weighted by atomic mass is 10.1. The first kappa shape index (κ1) is 21.1. The van der Waals surface area contributed by atoms with Gasteiger partial charge in [-0.05, 0) is 79.0 Å². The third-order valence-corrected chi connectivity index (χ3v) is 5.19. The van der Waals surface area contributed by atoms with Crippen LogP contribution in [-0.4, -0.2) is 24.3 Å². The zero-order valence-corrected chi connectivity index (χ0v) is 18.7. The van der Waals surface area contributed by atoms with Crippen molar-refractivity contribution in [1.29, 1.82) is 0 Å². The molecule has 0 fully saturated rings. The molecule has 0 unspecified atom stereocenters. The lowest BCUT2D eigenvalue weighted by Crippen LogP contribution is -2.21. The van der Waals surface area contributed by atoms with Gasteiger partial charge in [-0.15, -0.1) is 0 Å². The molecule has 0 aliphatic carbocycles. The highest BCUT2D eigenvalue weighted by atomic mass is 79.9. The third kappa shape index (κ3) is 4.70. The van der Waals surface area contributed by atoms with Gasteiger partial charge in [0.15, 0.2) is 11.5 Å². The monoisotopic (exact) mass is 456 g/mol. The van der Waals surface area contributed by atoms with E-state index in [1.807, 2.05) is 69.3 Å². The summed E-state index contributed by atoms with van der Waals surface area (Å²) in [5.74, 6) is 1.18. The summed E-state index contributed by atoms with van der Waals surface area (Å²) >= 11 is 3.59. The molecule has 0 spiro atoms. The Morgan fingerprint density at radius 2 is 1.93 bits per heavy atom. The molecule has 3 rings (SSSR count). The Bertz CT molecular complexity index is 954. The molecular weight excluding hydrogens is 432 g/mol. The molecule has 6 heteroatoms. The molecule has 1 atom stereocenters. The van der Waals surface area contributed by atoms with Gasteiger partial charge in [0.1, 0.15) is 0 Å². The normalized spacial score (nSPS) is 16.2. The van der Waals surface area contributed by atoms with Crippen molar-refractivity contribution < 1.29 is 14.3 Å². The van der Waals surface area contributed by atoms with Gasteiger partial charge >= 0.3 is 0 Å². The molecule has 0 N–H and O–H groups in total. The predicted octanol–water partition coefficient (Wildman–Crippen LogP) is 5.83. The second-order valence-corrected chi connectivity index (χ2v) is 7.65. The number of hydrogen-bond acceptors (Lipinski definition) is 4. The molecule has 2 aromatic carbocycles. The quantitative estimate of drug-likeness (QED) is 0.492. The van der Waals surface area contributed by atoms with Crippen LogP contribution in [0.5, 0.6) is 11.5 Å². The van der Waals surface area contributed by atoms with Crippen LogP contribution in [-0.2, 0) is 4.79 Å². The van der Waals surface area contributed by atoms with E-state index < -0.39 is 0 Å². The smallest absolute Gasteiger partial charge is 0.280 e. The fraction of sp³-hybridized carbons (Fsp3) is 0.304. The Labute approximate surface area is 180 Å².